The summed E-state index contributed by atoms with van der Waals surface area (Å²) in [6.07, 6.45) is 7.23. The van der Waals surface area contributed by atoms with Gasteiger partial charge in [0.05, 0.1) is 13.2 Å². The average Bonchev–Trinajstić information content (AvgIpc) is 2.62. The Labute approximate surface area is 163 Å². The highest BCUT2D eigenvalue weighted by Crippen LogP contribution is 2.34. The molecule has 3 heteroatoms. The number of unbranched alkanes of at least 4 members (excludes halogenated alkanes) is 5. The molecule has 0 unspecified atom stereocenters. The first-order valence-corrected chi connectivity index (χ1v) is 10.5. The van der Waals surface area contributed by atoms with Gasteiger partial charge < -0.3 is 9.47 Å². The molecule has 0 aromatic heterocycles. The van der Waals surface area contributed by atoms with Crippen molar-refractivity contribution in [3.8, 4) is 11.5 Å². The summed E-state index contributed by atoms with van der Waals surface area (Å²) in [6, 6.07) is 10.6. The number of hydrogen-bond donors (Lipinski definition) is 0. The molecule has 0 atom stereocenters. The lowest BCUT2D eigenvalue weighted by Crippen LogP contribution is -2.05. The Hall–Kier alpha value is -1.41. The maximum atomic E-state index is 6.11. The van der Waals surface area contributed by atoms with Crippen LogP contribution in [0.4, 0.5) is 0 Å². The molecule has 2 nitrogen and oxygen atoms in total. The number of alkyl halides is 1. The SMILES string of the molecule is Cc1ccc2c(OCC(C)C)ccc(OCCCCCCCCCl)c2c1. The van der Waals surface area contributed by atoms with Gasteiger partial charge in [-0.1, -0.05) is 57.2 Å². The summed E-state index contributed by atoms with van der Waals surface area (Å²) in [5, 5.41) is 2.28. The van der Waals surface area contributed by atoms with Gasteiger partial charge in [0, 0.05) is 16.7 Å². The Morgan fingerprint density at radius 2 is 1.46 bits per heavy atom. The number of benzene rings is 2. The first-order valence-electron chi connectivity index (χ1n) is 9.96. The molecule has 0 bridgehead atoms. The van der Waals surface area contributed by atoms with Gasteiger partial charge in [-0.25, -0.2) is 0 Å². The van der Waals surface area contributed by atoms with Crippen LogP contribution in [-0.2, 0) is 0 Å². The number of rotatable bonds is 12. The maximum absolute atomic E-state index is 6.11. The van der Waals surface area contributed by atoms with E-state index in [2.05, 4.69) is 45.0 Å². The van der Waals surface area contributed by atoms with Crippen molar-refractivity contribution in [3.63, 3.8) is 0 Å². The second kappa shape index (κ2) is 11.3. The highest BCUT2D eigenvalue weighted by atomic mass is 35.5. The molecule has 0 aliphatic heterocycles. The van der Waals surface area contributed by atoms with Crippen LogP contribution >= 0.6 is 11.6 Å². The molecule has 0 saturated heterocycles. The molecule has 0 spiro atoms. The first-order chi connectivity index (χ1) is 12.6. The standard InChI is InChI=1S/C23H33ClO2/c1-18(2)17-26-22-12-13-23(21-16-19(3)10-11-20(21)22)25-15-9-7-5-4-6-8-14-24/h10-13,16,18H,4-9,14-15,17H2,1-3H3. The summed E-state index contributed by atoms with van der Waals surface area (Å²) >= 11 is 5.71. The Bertz CT molecular complexity index is 667. The topological polar surface area (TPSA) is 18.5 Å². The molecule has 0 radical (unpaired) electrons. The quantitative estimate of drug-likeness (QED) is 0.289. The van der Waals surface area contributed by atoms with Crippen molar-refractivity contribution < 1.29 is 9.47 Å². The molecular formula is C23H33ClO2. The molecule has 2 aromatic carbocycles. The maximum Gasteiger partial charge on any atom is 0.127 e. The third-order valence-corrected chi connectivity index (χ3v) is 4.72. The predicted octanol–water partition coefficient (Wildman–Crippen LogP) is 7.14. The Morgan fingerprint density at radius 1 is 0.808 bits per heavy atom. The molecule has 2 rings (SSSR count). The molecular weight excluding hydrogens is 344 g/mol. The van der Waals surface area contributed by atoms with Crippen molar-refractivity contribution in [2.75, 3.05) is 19.1 Å². The second-order valence-electron chi connectivity index (χ2n) is 7.47. The van der Waals surface area contributed by atoms with E-state index in [1.165, 1.54) is 31.2 Å². The number of ether oxygens (including phenoxy) is 2. The van der Waals surface area contributed by atoms with Gasteiger partial charge >= 0.3 is 0 Å². The highest BCUT2D eigenvalue weighted by molar-refractivity contribution is 6.17. The van der Waals surface area contributed by atoms with Crippen molar-refractivity contribution in [2.45, 2.75) is 59.3 Å². The minimum absolute atomic E-state index is 0.510. The summed E-state index contributed by atoms with van der Waals surface area (Å²) in [5.74, 6) is 3.20. The molecule has 0 heterocycles. The lowest BCUT2D eigenvalue weighted by Gasteiger charge is -2.15. The molecule has 0 aliphatic rings. The smallest absolute Gasteiger partial charge is 0.127 e. The third-order valence-electron chi connectivity index (χ3n) is 4.45. The Kier molecular flexibility index (Phi) is 9.11. The molecule has 0 fully saturated rings. The molecule has 0 aliphatic carbocycles. The first kappa shape index (κ1) is 20.9. The molecule has 0 N–H and O–H groups in total. The van der Waals surface area contributed by atoms with Crippen molar-refractivity contribution >= 4 is 22.4 Å². The van der Waals surface area contributed by atoms with Crippen LogP contribution in [0.25, 0.3) is 10.8 Å². The molecule has 26 heavy (non-hydrogen) atoms. The second-order valence-corrected chi connectivity index (χ2v) is 7.85. The minimum atomic E-state index is 0.510. The lowest BCUT2D eigenvalue weighted by atomic mass is 10.1. The lowest BCUT2D eigenvalue weighted by molar-refractivity contribution is 0.273. The van der Waals surface area contributed by atoms with Crippen LogP contribution in [0, 0.1) is 12.8 Å². The number of aryl methyl sites for hydroxylation is 1. The minimum Gasteiger partial charge on any atom is -0.493 e. The predicted molar refractivity (Wildman–Crippen MR) is 113 cm³/mol. The normalized spacial score (nSPS) is 11.3. The van der Waals surface area contributed by atoms with Gasteiger partial charge in [-0.05, 0) is 43.9 Å². The van der Waals surface area contributed by atoms with Gasteiger partial charge in [0.1, 0.15) is 11.5 Å². The molecule has 0 amide bonds. The summed E-state index contributed by atoms with van der Waals surface area (Å²) in [6.45, 7) is 7.95. The Balaban J connectivity index is 1.95. The van der Waals surface area contributed by atoms with E-state index in [1.54, 1.807) is 0 Å². The van der Waals surface area contributed by atoms with Crippen LogP contribution in [0.2, 0.25) is 0 Å². The zero-order chi connectivity index (χ0) is 18.8. The highest BCUT2D eigenvalue weighted by Gasteiger charge is 2.09. The fraction of sp³-hybridized carbons (Fsp3) is 0.565. The van der Waals surface area contributed by atoms with E-state index in [0.29, 0.717) is 5.92 Å². The summed E-state index contributed by atoms with van der Waals surface area (Å²) < 4.78 is 12.1. The van der Waals surface area contributed by atoms with Gasteiger partial charge in [0.2, 0.25) is 0 Å². The van der Waals surface area contributed by atoms with E-state index in [-0.39, 0.29) is 0 Å². The summed E-state index contributed by atoms with van der Waals surface area (Å²) in [7, 11) is 0. The summed E-state index contributed by atoms with van der Waals surface area (Å²) in [5.41, 5.74) is 1.24. The number of hydrogen-bond acceptors (Lipinski definition) is 2. The van der Waals surface area contributed by atoms with Crippen LogP contribution in [0.1, 0.15) is 57.9 Å². The fourth-order valence-electron chi connectivity index (χ4n) is 3.00. The monoisotopic (exact) mass is 376 g/mol. The number of fused-ring (bicyclic) bond motifs is 1. The van der Waals surface area contributed by atoms with Crippen LogP contribution in [-0.4, -0.2) is 19.1 Å². The van der Waals surface area contributed by atoms with Crippen molar-refractivity contribution in [2.24, 2.45) is 5.92 Å². The summed E-state index contributed by atoms with van der Waals surface area (Å²) in [4.78, 5) is 0. The van der Waals surface area contributed by atoms with Crippen molar-refractivity contribution in [1.29, 1.82) is 0 Å². The molecule has 2 aromatic rings. The Morgan fingerprint density at radius 3 is 2.15 bits per heavy atom. The van der Waals surface area contributed by atoms with E-state index in [4.69, 9.17) is 21.1 Å². The molecule has 144 valence electrons. The van der Waals surface area contributed by atoms with Crippen molar-refractivity contribution in [3.05, 3.63) is 35.9 Å². The van der Waals surface area contributed by atoms with E-state index in [9.17, 15) is 0 Å². The molecule has 0 saturated carbocycles. The zero-order valence-corrected chi connectivity index (χ0v) is 17.3. The van der Waals surface area contributed by atoms with Gasteiger partial charge in [-0.2, -0.15) is 0 Å². The van der Waals surface area contributed by atoms with Crippen LogP contribution in [0.3, 0.4) is 0 Å². The fourth-order valence-corrected chi connectivity index (χ4v) is 3.19. The van der Waals surface area contributed by atoms with Gasteiger partial charge in [-0.3, -0.25) is 0 Å². The number of halogens is 1. The van der Waals surface area contributed by atoms with Gasteiger partial charge in [0.15, 0.2) is 0 Å². The van der Waals surface area contributed by atoms with E-state index in [1.807, 2.05) is 6.07 Å². The largest absolute Gasteiger partial charge is 0.493 e. The van der Waals surface area contributed by atoms with Crippen LogP contribution < -0.4 is 9.47 Å². The average molecular weight is 377 g/mol. The van der Waals surface area contributed by atoms with Gasteiger partial charge in [0.25, 0.3) is 0 Å². The van der Waals surface area contributed by atoms with Crippen molar-refractivity contribution in [1.82, 2.24) is 0 Å². The zero-order valence-electron chi connectivity index (χ0n) is 16.5. The van der Waals surface area contributed by atoms with Crippen LogP contribution in [0.5, 0.6) is 11.5 Å². The van der Waals surface area contributed by atoms with E-state index in [0.717, 1.165) is 54.2 Å². The van der Waals surface area contributed by atoms with E-state index >= 15 is 0 Å². The van der Waals surface area contributed by atoms with Gasteiger partial charge in [-0.15, -0.1) is 11.6 Å². The third kappa shape index (κ3) is 6.72. The van der Waals surface area contributed by atoms with E-state index < -0.39 is 0 Å². The van der Waals surface area contributed by atoms with Crippen LogP contribution in [0.15, 0.2) is 30.3 Å².